The van der Waals surface area contributed by atoms with Crippen LogP contribution < -0.4 is 4.74 Å². The molecule has 0 aliphatic heterocycles. The minimum absolute atomic E-state index is 0.416. The smallest absolute Gasteiger partial charge is 0.336 e. The third-order valence-electron chi connectivity index (χ3n) is 3.22. The third kappa shape index (κ3) is 3.38. The Balaban J connectivity index is 1.73. The highest BCUT2D eigenvalue weighted by Gasteiger charge is 2.01. The van der Waals surface area contributed by atoms with Gasteiger partial charge in [0.2, 0.25) is 0 Å². The largest absolute Gasteiger partial charge is 0.423 e. The Bertz CT molecular complexity index is 853. The lowest BCUT2D eigenvalue weighted by Gasteiger charge is -2.02. The first-order valence-electron chi connectivity index (χ1n) is 7.03. The lowest BCUT2D eigenvalue weighted by Crippen LogP contribution is -2.03. The molecule has 108 valence electrons. The van der Waals surface area contributed by atoms with E-state index >= 15 is 0 Å². The maximum atomic E-state index is 11.8. The number of rotatable bonds is 3. The van der Waals surface area contributed by atoms with E-state index < -0.39 is 5.97 Å². The Hall–Kier alpha value is -2.94. The van der Waals surface area contributed by atoms with Gasteiger partial charge in [0.15, 0.2) is 0 Å². The summed E-state index contributed by atoms with van der Waals surface area (Å²) in [7, 11) is 0. The molecule has 0 radical (unpaired) electrons. The highest BCUT2D eigenvalue weighted by Crippen LogP contribution is 2.14. The Morgan fingerprint density at radius 1 is 1.05 bits per heavy atom. The van der Waals surface area contributed by atoms with Gasteiger partial charge in [-0.1, -0.05) is 36.4 Å². The number of para-hydroxylation sites is 1. The molecule has 0 amide bonds. The van der Waals surface area contributed by atoms with Crippen LogP contribution in [0.4, 0.5) is 0 Å². The van der Waals surface area contributed by atoms with Crippen LogP contribution >= 0.6 is 0 Å². The van der Waals surface area contributed by atoms with Crippen LogP contribution in [-0.2, 0) is 4.79 Å². The summed E-state index contributed by atoms with van der Waals surface area (Å²) in [6.45, 7) is 1.95. The Kier molecular flexibility index (Phi) is 3.97. The van der Waals surface area contributed by atoms with E-state index in [4.69, 9.17) is 4.74 Å². The van der Waals surface area contributed by atoms with Crippen molar-refractivity contribution < 1.29 is 9.53 Å². The fourth-order valence-electron chi connectivity index (χ4n) is 2.16. The van der Waals surface area contributed by atoms with Gasteiger partial charge in [0.05, 0.1) is 11.2 Å². The van der Waals surface area contributed by atoms with Crippen LogP contribution in [0.5, 0.6) is 5.75 Å². The normalized spacial score (nSPS) is 11.0. The van der Waals surface area contributed by atoms with E-state index in [0.29, 0.717) is 5.75 Å². The van der Waals surface area contributed by atoms with Crippen LogP contribution in [0.2, 0.25) is 0 Å². The maximum Gasteiger partial charge on any atom is 0.336 e. The first kappa shape index (κ1) is 14.0. The summed E-state index contributed by atoms with van der Waals surface area (Å²) in [4.78, 5) is 16.3. The Morgan fingerprint density at radius 3 is 2.77 bits per heavy atom. The molecule has 3 nitrogen and oxygen atoms in total. The van der Waals surface area contributed by atoms with Crippen molar-refractivity contribution in [1.29, 1.82) is 0 Å². The molecule has 2 aromatic carbocycles. The van der Waals surface area contributed by atoms with Gasteiger partial charge < -0.3 is 4.74 Å². The molecule has 0 bridgehead atoms. The fourth-order valence-corrected chi connectivity index (χ4v) is 2.16. The van der Waals surface area contributed by atoms with Crippen LogP contribution in [0.15, 0.2) is 66.7 Å². The van der Waals surface area contributed by atoms with Gasteiger partial charge >= 0.3 is 5.97 Å². The number of hydrogen-bond acceptors (Lipinski definition) is 3. The lowest BCUT2D eigenvalue weighted by atomic mass is 10.2. The lowest BCUT2D eigenvalue weighted by molar-refractivity contribution is -0.128. The van der Waals surface area contributed by atoms with Crippen molar-refractivity contribution in [3.63, 3.8) is 0 Å². The Morgan fingerprint density at radius 2 is 1.91 bits per heavy atom. The molecule has 1 aromatic heterocycles. The molecule has 3 aromatic rings. The average Bonchev–Trinajstić information content (AvgIpc) is 2.53. The SMILES string of the molecule is Cc1cccc(OC(=O)/C=C/c2ccc3ccccc3n2)c1. The third-order valence-corrected chi connectivity index (χ3v) is 3.22. The van der Waals surface area contributed by atoms with E-state index in [9.17, 15) is 4.79 Å². The van der Waals surface area contributed by atoms with Crippen molar-refractivity contribution in [3.05, 3.63) is 78.0 Å². The summed E-state index contributed by atoms with van der Waals surface area (Å²) in [6, 6.07) is 19.1. The van der Waals surface area contributed by atoms with Gasteiger partial charge in [-0.25, -0.2) is 9.78 Å². The van der Waals surface area contributed by atoms with E-state index in [-0.39, 0.29) is 0 Å². The zero-order valence-corrected chi connectivity index (χ0v) is 12.2. The van der Waals surface area contributed by atoms with Crippen molar-refractivity contribution in [2.75, 3.05) is 0 Å². The molecular weight excluding hydrogens is 274 g/mol. The molecule has 0 fully saturated rings. The number of fused-ring (bicyclic) bond motifs is 1. The van der Waals surface area contributed by atoms with E-state index in [0.717, 1.165) is 22.2 Å². The summed E-state index contributed by atoms with van der Waals surface area (Å²) in [5.41, 5.74) is 2.67. The van der Waals surface area contributed by atoms with E-state index in [1.807, 2.05) is 61.5 Å². The molecule has 3 heteroatoms. The molecule has 22 heavy (non-hydrogen) atoms. The molecule has 0 spiro atoms. The van der Waals surface area contributed by atoms with Crippen molar-refractivity contribution in [3.8, 4) is 5.75 Å². The average molecular weight is 289 g/mol. The molecule has 0 aliphatic carbocycles. The van der Waals surface area contributed by atoms with Gasteiger partial charge in [-0.3, -0.25) is 0 Å². The number of carbonyl (C=O) groups excluding carboxylic acids is 1. The Labute approximate surface area is 128 Å². The second-order valence-corrected chi connectivity index (χ2v) is 5.00. The summed E-state index contributed by atoms with van der Waals surface area (Å²) < 4.78 is 5.25. The molecule has 3 rings (SSSR count). The van der Waals surface area contributed by atoms with E-state index in [2.05, 4.69) is 4.98 Å². The number of benzene rings is 2. The molecule has 0 aliphatic rings. The highest BCUT2D eigenvalue weighted by molar-refractivity contribution is 5.89. The predicted octanol–water partition coefficient (Wildman–Crippen LogP) is 4.16. The van der Waals surface area contributed by atoms with Crippen LogP contribution in [0.25, 0.3) is 17.0 Å². The molecule has 1 heterocycles. The van der Waals surface area contributed by atoms with Gasteiger partial charge in [0.1, 0.15) is 5.75 Å². The van der Waals surface area contributed by atoms with Crippen molar-refractivity contribution in [2.45, 2.75) is 6.92 Å². The highest BCUT2D eigenvalue weighted by atomic mass is 16.5. The van der Waals surface area contributed by atoms with Gasteiger partial charge in [0, 0.05) is 11.5 Å². The number of ether oxygens (including phenoxy) is 1. The molecule has 0 N–H and O–H groups in total. The number of esters is 1. The predicted molar refractivity (Wildman–Crippen MR) is 87.6 cm³/mol. The second-order valence-electron chi connectivity index (χ2n) is 5.00. The van der Waals surface area contributed by atoms with Crippen molar-refractivity contribution in [1.82, 2.24) is 4.98 Å². The van der Waals surface area contributed by atoms with Gasteiger partial charge in [-0.2, -0.15) is 0 Å². The quantitative estimate of drug-likeness (QED) is 0.413. The number of pyridine rings is 1. The summed E-state index contributed by atoms with van der Waals surface area (Å²) >= 11 is 0. The number of carbonyl (C=O) groups is 1. The van der Waals surface area contributed by atoms with Crippen molar-refractivity contribution in [2.24, 2.45) is 0 Å². The summed E-state index contributed by atoms with van der Waals surface area (Å²) in [6.07, 6.45) is 3.05. The summed E-state index contributed by atoms with van der Waals surface area (Å²) in [5, 5.41) is 1.07. The minimum atomic E-state index is -0.416. The monoisotopic (exact) mass is 289 g/mol. The fraction of sp³-hybridized carbons (Fsp3) is 0.0526. The van der Waals surface area contributed by atoms with Gasteiger partial charge in [-0.15, -0.1) is 0 Å². The zero-order valence-electron chi connectivity index (χ0n) is 12.2. The summed E-state index contributed by atoms with van der Waals surface area (Å²) in [5.74, 6) is 0.127. The number of aryl methyl sites for hydroxylation is 1. The topological polar surface area (TPSA) is 39.2 Å². The van der Waals surface area contributed by atoms with Gasteiger partial charge in [-0.05, 0) is 42.8 Å². The number of aromatic nitrogens is 1. The second kappa shape index (κ2) is 6.22. The molecule has 0 atom stereocenters. The molecule has 0 saturated heterocycles. The van der Waals surface area contributed by atoms with Crippen LogP contribution in [0, 0.1) is 6.92 Å². The molecule has 0 unspecified atom stereocenters. The standard InChI is InChI=1S/C19H15NO2/c1-14-5-4-7-17(13-14)22-19(21)12-11-16-10-9-15-6-2-3-8-18(15)20-16/h2-13H,1H3/b12-11+. The molecular formula is C19H15NO2. The van der Waals surface area contributed by atoms with E-state index in [1.54, 1.807) is 12.1 Å². The number of nitrogens with zero attached hydrogens (tertiary/aromatic N) is 1. The van der Waals surface area contributed by atoms with Crippen LogP contribution in [-0.4, -0.2) is 11.0 Å². The minimum Gasteiger partial charge on any atom is -0.423 e. The van der Waals surface area contributed by atoms with Crippen LogP contribution in [0.1, 0.15) is 11.3 Å². The first-order valence-corrected chi connectivity index (χ1v) is 7.03. The van der Waals surface area contributed by atoms with E-state index in [1.165, 1.54) is 6.08 Å². The number of hydrogen-bond donors (Lipinski definition) is 0. The first-order chi connectivity index (χ1) is 10.7. The van der Waals surface area contributed by atoms with Gasteiger partial charge in [0.25, 0.3) is 0 Å². The maximum absolute atomic E-state index is 11.8. The van der Waals surface area contributed by atoms with Crippen LogP contribution in [0.3, 0.4) is 0 Å². The van der Waals surface area contributed by atoms with Crippen molar-refractivity contribution >= 4 is 22.9 Å². The molecule has 0 saturated carbocycles. The zero-order chi connectivity index (χ0) is 15.4.